The van der Waals surface area contributed by atoms with E-state index >= 15 is 0 Å². The summed E-state index contributed by atoms with van der Waals surface area (Å²) in [6, 6.07) is 12.5. The summed E-state index contributed by atoms with van der Waals surface area (Å²) in [6.45, 7) is 0. The molecule has 1 aliphatic rings. The predicted molar refractivity (Wildman–Crippen MR) is 80.7 cm³/mol. The van der Waals surface area contributed by atoms with Gasteiger partial charge in [0, 0.05) is 21.9 Å². The summed E-state index contributed by atoms with van der Waals surface area (Å²) in [5.41, 5.74) is 2.91. The average molecular weight is 292 g/mol. The van der Waals surface area contributed by atoms with Gasteiger partial charge >= 0.3 is 0 Å². The number of thiophene rings is 1. The summed E-state index contributed by atoms with van der Waals surface area (Å²) < 4.78 is 6.08. The summed E-state index contributed by atoms with van der Waals surface area (Å²) in [5, 5.41) is 2.09. The maximum Gasteiger partial charge on any atom is 0.133 e. The van der Waals surface area contributed by atoms with Crippen LogP contribution in [0, 0.1) is 0 Å². The number of fused-ring (bicyclic) bond motifs is 1. The molecule has 0 amide bonds. The SMILES string of the molecule is NNC(Cc1cccs1)C1CSc2ccccc2O1. The van der Waals surface area contributed by atoms with Gasteiger partial charge in [0.15, 0.2) is 0 Å². The number of ether oxygens (including phenoxy) is 1. The highest BCUT2D eigenvalue weighted by Gasteiger charge is 2.27. The number of rotatable bonds is 4. The molecule has 5 heteroatoms. The molecule has 0 aliphatic carbocycles. The van der Waals surface area contributed by atoms with Crippen molar-refractivity contribution in [1.29, 1.82) is 0 Å². The number of benzene rings is 1. The fourth-order valence-corrected chi connectivity index (χ4v) is 4.02. The lowest BCUT2D eigenvalue weighted by Crippen LogP contribution is -2.49. The Labute approximate surface area is 121 Å². The first-order chi connectivity index (χ1) is 9.36. The molecule has 0 radical (unpaired) electrons. The Morgan fingerprint density at radius 3 is 3.00 bits per heavy atom. The number of hydrogen-bond acceptors (Lipinski definition) is 5. The lowest BCUT2D eigenvalue weighted by molar-refractivity contribution is 0.166. The largest absolute Gasteiger partial charge is 0.487 e. The quantitative estimate of drug-likeness (QED) is 0.672. The molecule has 0 saturated heterocycles. The molecule has 19 heavy (non-hydrogen) atoms. The Hall–Kier alpha value is -1.01. The molecule has 3 rings (SSSR count). The molecule has 2 unspecified atom stereocenters. The maximum absolute atomic E-state index is 6.08. The van der Waals surface area contributed by atoms with Crippen molar-refractivity contribution in [3.05, 3.63) is 46.7 Å². The Bertz CT molecular complexity index is 530. The second-order valence-corrected chi connectivity index (χ2v) is 6.56. The molecule has 1 aromatic carbocycles. The van der Waals surface area contributed by atoms with Gasteiger partial charge in [-0.15, -0.1) is 23.1 Å². The second-order valence-electron chi connectivity index (χ2n) is 4.47. The number of thioether (sulfide) groups is 1. The molecule has 100 valence electrons. The standard InChI is InChI=1S/C14H16N2OS2/c15-16-11(8-10-4-3-7-18-10)13-9-19-14-6-2-1-5-12(14)17-13/h1-7,11,13,16H,8-9,15H2. The van der Waals surface area contributed by atoms with Crippen molar-refractivity contribution < 1.29 is 4.74 Å². The zero-order valence-corrected chi connectivity index (χ0v) is 12.0. The van der Waals surface area contributed by atoms with Crippen molar-refractivity contribution in [3.63, 3.8) is 0 Å². The van der Waals surface area contributed by atoms with Crippen molar-refractivity contribution in [3.8, 4) is 5.75 Å². The monoisotopic (exact) mass is 292 g/mol. The highest BCUT2D eigenvalue weighted by molar-refractivity contribution is 7.99. The average Bonchev–Trinajstić information content (AvgIpc) is 2.97. The van der Waals surface area contributed by atoms with E-state index in [1.807, 2.05) is 30.0 Å². The first-order valence-corrected chi connectivity index (χ1v) is 8.10. The van der Waals surface area contributed by atoms with Crippen LogP contribution in [0.1, 0.15) is 4.88 Å². The third-order valence-corrected chi connectivity index (χ3v) is 5.24. The number of para-hydroxylation sites is 1. The minimum Gasteiger partial charge on any atom is -0.487 e. The van der Waals surface area contributed by atoms with Crippen LogP contribution in [-0.4, -0.2) is 17.9 Å². The third-order valence-electron chi connectivity index (χ3n) is 3.19. The van der Waals surface area contributed by atoms with Crippen molar-refractivity contribution in [2.45, 2.75) is 23.5 Å². The van der Waals surface area contributed by atoms with E-state index in [1.165, 1.54) is 9.77 Å². The summed E-state index contributed by atoms with van der Waals surface area (Å²) in [7, 11) is 0. The van der Waals surface area contributed by atoms with Crippen LogP contribution in [-0.2, 0) is 6.42 Å². The van der Waals surface area contributed by atoms with Crippen molar-refractivity contribution in [2.75, 3.05) is 5.75 Å². The van der Waals surface area contributed by atoms with Crippen molar-refractivity contribution >= 4 is 23.1 Å². The lowest BCUT2D eigenvalue weighted by Gasteiger charge is -2.31. The van der Waals surface area contributed by atoms with E-state index < -0.39 is 0 Å². The first kappa shape index (κ1) is 13.0. The molecular weight excluding hydrogens is 276 g/mol. The fraction of sp³-hybridized carbons (Fsp3) is 0.286. The Balaban J connectivity index is 1.72. The molecule has 2 aromatic rings. The van der Waals surface area contributed by atoms with Gasteiger partial charge < -0.3 is 4.74 Å². The molecule has 0 saturated carbocycles. The van der Waals surface area contributed by atoms with E-state index in [0.717, 1.165) is 17.9 Å². The molecule has 1 aromatic heterocycles. The van der Waals surface area contributed by atoms with Gasteiger partial charge in [-0.05, 0) is 23.6 Å². The lowest BCUT2D eigenvalue weighted by atomic mass is 10.1. The van der Waals surface area contributed by atoms with Crippen LogP contribution >= 0.6 is 23.1 Å². The summed E-state index contributed by atoms with van der Waals surface area (Å²) >= 11 is 3.59. The van der Waals surface area contributed by atoms with Gasteiger partial charge in [-0.1, -0.05) is 18.2 Å². The van der Waals surface area contributed by atoms with E-state index in [9.17, 15) is 0 Å². The van der Waals surface area contributed by atoms with Crippen molar-refractivity contribution in [2.24, 2.45) is 5.84 Å². The smallest absolute Gasteiger partial charge is 0.133 e. The summed E-state index contributed by atoms with van der Waals surface area (Å²) in [4.78, 5) is 2.54. The third kappa shape index (κ3) is 2.95. The number of hydrazine groups is 1. The number of nitrogens with two attached hydrogens (primary N) is 1. The highest BCUT2D eigenvalue weighted by atomic mass is 32.2. The van der Waals surface area contributed by atoms with E-state index in [1.54, 1.807) is 11.3 Å². The predicted octanol–water partition coefficient (Wildman–Crippen LogP) is 2.68. The molecule has 0 fully saturated rings. The van der Waals surface area contributed by atoms with Gasteiger partial charge in [0.1, 0.15) is 11.9 Å². The van der Waals surface area contributed by atoms with Crippen LogP contribution < -0.4 is 16.0 Å². The maximum atomic E-state index is 6.08. The molecule has 3 N–H and O–H groups in total. The molecular formula is C14H16N2OS2. The van der Waals surface area contributed by atoms with Gasteiger partial charge in [0.2, 0.25) is 0 Å². The molecule has 2 atom stereocenters. The second kappa shape index (κ2) is 5.96. The topological polar surface area (TPSA) is 47.3 Å². The van der Waals surface area contributed by atoms with E-state index in [4.69, 9.17) is 10.6 Å². The summed E-state index contributed by atoms with van der Waals surface area (Å²) in [5.74, 6) is 7.60. The van der Waals surface area contributed by atoms with E-state index in [-0.39, 0.29) is 12.1 Å². The Morgan fingerprint density at radius 2 is 2.21 bits per heavy atom. The van der Waals surface area contributed by atoms with Crippen LogP contribution in [0.5, 0.6) is 5.75 Å². The normalized spacial score (nSPS) is 19.5. The zero-order chi connectivity index (χ0) is 13.1. The van der Waals surface area contributed by atoms with Gasteiger partial charge in [0.25, 0.3) is 0 Å². The van der Waals surface area contributed by atoms with Crippen molar-refractivity contribution in [1.82, 2.24) is 5.43 Å². The van der Waals surface area contributed by atoms with Crippen LogP contribution in [0.15, 0.2) is 46.7 Å². The summed E-state index contributed by atoms with van der Waals surface area (Å²) in [6.07, 6.45) is 1.01. The molecule has 1 aliphatic heterocycles. The first-order valence-electron chi connectivity index (χ1n) is 6.24. The molecule has 0 spiro atoms. The zero-order valence-electron chi connectivity index (χ0n) is 10.4. The van der Waals surface area contributed by atoms with Crippen LogP contribution in [0.2, 0.25) is 0 Å². The molecule has 3 nitrogen and oxygen atoms in total. The fourth-order valence-electron chi connectivity index (χ4n) is 2.18. The van der Waals surface area contributed by atoms with E-state index in [2.05, 4.69) is 29.0 Å². The Morgan fingerprint density at radius 1 is 1.32 bits per heavy atom. The molecule has 0 bridgehead atoms. The van der Waals surface area contributed by atoms with Gasteiger partial charge in [-0.25, -0.2) is 0 Å². The number of nitrogens with one attached hydrogen (secondary N) is 1. The van der Waals surface area contributed by atoms with Gasteiger partial charge in [0.05, 0.1) is 6.04 Å². The number of hydrogen-bond donors (Lipinski definition) is 2. The van der Waals surface area contributed by atoms with Crippen LogP contribution in [0.4, 0.5) is 0 Å². The van der Waals surface area contributed by atoms with Crippen LogP contribution in [0.3, 0.4) is 0 Å². The highest BCUT2D eigenvalue weighted by Crippen LogP contribution is 2.36. The van der Waals surface area contributed by atoms with Gasteiger partial charge in [-0.2, -0.15) is 0 Å². The van der Waals surface area contributed by atoms with E-state index in [0.29, 0.717) is 0 Å². The minimum absolute atomic E-state index is 0.104. The van der Waals surface area contributed by atoms with Gasteiger partial charge in [-0.3, -0.25) is 11.3 Å². The minimum atomic E-state index is 0.104. The van der Waals surface area contributed by atoms with Crippen LogP contribution in [0.25, 0.3) is 0 Å². The Kier molecular flexibility index (Phi) is 4.08. The molecule has 2 heterocycles.